The molecule has 2 aliphatic rings. The summed E-state index contributed by atoms with van der Waals surface area (Å²) in [6.45, 7) is 12.9. The summed E-state index contributed by atoms with van der Waals surface area (Å²) in [4.78, 5) is 12.8. The van der Waals surface area contributed by atoms with Crippen molar-refractivity contribution in [3.8, 4) is 0 Å². The van der Waals surface area contributed by atoms with Crippen molar-refractivity contribution in [3.05, 3.63) is 0 Å². The summed E-state index contributed by atoms with van der Waals surface area (Å²) in [7, 11) is 0. The van der Waals surface area contributed by atoms with Gasteiger partial charge in [0, 0.05) is 21.8 Å². The van der Waals surface area contributed by atoms with Crippen molar-refractivity contribution in [1.82, 2.24) is 0 Å². The largest absolute Gasteiger partial charge is 0.393 e. The van der Waals surface area contributed by atoms with Gasteiger partial charge in [0.05, 0.1) is 6.10 Å². The predicted octanol–water partition coefficient (Wildman–Crippen LogP) is 3.91. The quantitative estimate of drug-likeness (QED) is 0.836. The average Bonchev–Trinajstić information content (AvgIpc) is 2.57. The fourth-order valence-corrected chi connectivity index (χ4v) is 5.92. The molecule has 1 N–H and O–H groups in total. The van der Waals surface area contributed by atoms with Crippen LogP contribution in [0.2, 0.25) is 0 Å². The highest BCUT2D eigenvalue weighted by Crippen LogP contribution is 2.66. The molecule has 2 saturated carbocycles. The summed E-state index contributed by atoms with van der Waals surface area (Å²) in [5.41, 5.74) is 0.0566. The molecule has 0 aliphatic heterocycles. The molecule has 0 aromatic heterocycles. The topological polar surface area (TPSA) is 37.3 Å². The molecule has 3 heteroatoms. The second-order valence-corrected chi connectivity index (χ2v) is 10.0. The van der Waals surface area contributed by atoms with Gasteiger partial charge in [0.1, 0.15) is 5.78 Å². The third-order valence-corrected chi connectivity index (χ3v) is 7.59. The summed E-state index contributed by atoms with van der Waals surface area (Å²) in [5.74, 6) is 2.19. The maximum Gasteiger partial charge on any atom is 0.143 e. The Bertz CT molecular complexity index is 400. The Balaban J connectivity index is 2.04. The van der Waals surface area contributed by atoms with E-state index in [0.29, 0.717) is 11.7 Å². The summed E-state index contributed by atoms with van der Waals surface area (Å²) >= 11 is 1.87. The molecule has 0 unspecified atom stereocenters. The van der Waals surface area contributed by atoms with Gasteiger partial charge in [-0.05, 0) is 37.5 Å². The highest BCUT2D eigenvalue weighted by molar-refractivity contribution is 8.00. The van der Waals surface area contributed by atoms with E-state index in [1.807, 2.05) is 18.7 Å². The summed E-state index contributed by atoms with van der Waals surface area (Å²) in [6.07, 6.45) is 2.78. The SMILES string of the molecule is C[C@@H](O)CC(C)(C)SC[C@@H]1C(=O)[C@]2(C)CC[C@H]1C2(C)C. The average molecular weight is 298 g/mol. The molecular formula is C17H30O2S. The molecule has 0 heterocycles. The Morgan fingerprint density at radius 3 is 2.45 bits per heavy atom. The Morgan fingerprint density at radius 1 is 1.40 bits per heavy atom. The number of thioether (sulfide) groups is 1. The number of hydrogen-bond donors (Lipinski definition) is 1. The molecule has 0 aromatic rings. The van der Waals surface area contributed by atoms with E-state index in [1.165, 1.54) is 6.42 Å². The molecule has 116 valence electrons. The molecule has 0 saturated heterocycles. The predicted molar refractivity (Wildman–Crippen MR) is 85.9 cm³/mol. The van der Waals surface area contributed by atoms with Gasteiger partial charge in [-0.3, -0.25) is 4.79 Å². The highest BCUT2D eigenvalue weighted by Gasteiger charge is 2.65. The van der Waals surface area contributed by atoms with Crippen LogP contribution >= 0.6 is 11.8 Å². The molecule has 2 bridgehead atoms. The van der Waals surface area contributed by atoms with Crippen molar-refractivity contribution in [1.29, 1.82) is 0 Å². The van der Waals surface area contributed by atoms with E-state index in [1.54, 1.807) is 0 Å². The molecule has 0 amide bonds. The van der Waals surface area contributed by atoms with Crippen LogP contribution in [0.1, 0.15) is 60.8 Å². The Kier molecular flexibility index (Phi) is 4.10. The number of hydrogen-bond acceptors (Lipinski definition) is 3. The lowest BCUT2D eigenvalue weighted by Gasteiger charge is -2.32. The summed E-state index contributed by atoms with van der Waals surface area (Å²) in [5, 5.41) is 9.58. The normalized spacial score (nSPS) is 37.5. The van der Waals surface area contributed by atoms with E-state index in [-0.39, 0.29) is 27.6 Å². The molecule has 2 nitrogen and oxygen atoms in total. The molecule has 2 fully saturated rings. The van der Waals surface area contributed by atoms with E-state index >= 15 is 0 Å². The maximum atomic E-state index is 12.8. The lowest BCUT2D eigenvalue weighted by atomic mass is 9.70. The van der Waals surface area contributed by atoms with E-state index < -0.39 is 0 Å². The minimum absolute atomic E-state index is 0.0430. The van der Waals surface area contributed by atoms with Crippen LogP contribution in [0.25, 0.3) is 0 Å². The number of carbonyl (C=O) groups is 1. The first kappa shape index (κ1) is 16.4. The Labute approximate surface area is 128 Å². The van der Waals surface area contributed by atoms with Crippen LogP contribution < -0.4 is 0 Å². The number of Topliss-reactive ketones (excluding diaryl/α,β-unsaturated/α-hetero) is 1. The van der Waals surface area contributed by atoms with Crippen LogP contribution in [0.5, 0.6) is 0 Å². The molecule has 0 spiro atoms. The van der Waals surface area contributed by atoms with Crippen molar-refractivity contribution < 1.29 is 9.90 Å². The minimum Gasteiger partial charge on any atom is -0.393 e. The van der Waals surface area contributed by atoms with Crippen LogP contribution in [-0.2, 0) is 4.79 Å². The standard InChI is InChI=1S/C17H30O2S/c1-11(18)9-15(2,3)20-10-12-13-7-8-17(6,14(12)19)16(13,4)5/h11-13,18H,7-10H2,1-6H3/t11-,12+,13-,17+/m1/s1. The maximum absolute atomic E-state index is 12.8. The van der Waals surface area contributed by atoms with Gasteiger partial charge >= 0.3 is 0 Å². The molecule has 20 heavy (non-hydrogen) atoms. The minimum atomic E-state index is -0.276. The second-order valence-electron chi connectivity index (χ2n) is 8.29. The van der Waals surface area contributed by atoms with Gasteiger partial charge in [0.15, 0.2) is 0 Å². The monoisotopic (exact) mass is 298 g/mol. The zero-order chi connectivity index (χ0) is 15.3. The Morgan fingerprint density at radius 2 is 2.00 bits per heavy atom. The fraction of sp³-hybridized carbons (Fsp3) is 0.941. The number of aliphatic hydroxyl groups excluding tert-OH is 1. The van der Waals surface area contributed by atoms with Crippen LogP contribution in [0, 0.1) is 22.7 Å². The Hall–Kier alpha value is -0.0200. The van der Waals surface area contributed by atoms with Gasteiger partial charge in [0.25, 0.3) is 0 Å². The smallest absolute Gasteiger partial charge is 0.143 e. The van der Waals surface area contributed by atoms with E-state index in [0.717, 1.165) is 18.6 Å². The lowest BCUT2D eigenvalue weighted by Crippen LogP contribution is -2.34. The number of ketones is 1. The zero-order valence-corrected chi connectivity index (χ0v) is 14.6. The molecule has 0 radical (unpaired) electrons. The van der Waals surface area contributed by atoms with Crippen LogP contribution in [0.15, 0.2) is 0 Å². The molecule has 0 aromatic carbocycles. The summed E-state index contributed by atoms with van der Waals surface area (Å²) < 4.78 is 0.0430. The number of fused-ring (bicyclic) bond motifs is 2. The van der Waals surface area contributed by atoms with Crippen LogP contribution in [-0.4, -0.2) is 27.5 Å². The first-order valence-corrected chi connectivity index (χ1v) is 8.86. The third-order valence-electron chi connectivity index (χ3n) is 6.11. The number of carbonyl (C=O) groups excluding carboxylic acids is 1. The fourth-order valence-electron chi connectivity index (χ4n) is 4.55. The van der Waals surface area contributed by atoms with E-state index in [2.05, 4.69) is 34.6 Å². The van der Waals surface area contributed by atoms with Gasteiger partial charge in [-0.25, -0.2) is 0 Å². The molecule has 4 atom stereocenters. The number of aliphatic hydroxyl groups is 1. The van der Waals surface area contributed by atoms with Gasteiger partial charge in [-0.2, -0.15) is 11.8 Å². The number of rotatable bonds is 5. The van der Waals surface area contributed by atoms with Crippen molar-refractivity contribution in [2.45, 2.75) is 71.7 Å². The van der Waals surface area contributed by atoms with Gasteiger partial charge in [-0.1, -0.05) is 34.6 Å². The van der Waals surface area contributed by atoms with E-state index in [4.69, 9.17) is 0 Å². The van der Waals surface area contributed by atoms with Crippen molar-refractivity contribution in [3.63, 3.8) is 0 Å². The third kappa shape index (κ3) is 2.45. The first-order valence-electron chi connectivity index (χ1n) is 7.88. The lowest BCUT2D eigenvalue weighted by molar-refractivity contribution is -0.131. The molecular weight excluding hydrogens is 268 g/mol. The molecule has 2 rings (SSSR count). The van der Waals surface area contributed by atoms with Gasteiger partial charge in [-0.15, -0.1) is 0 Å². The van der Waals surface area contributed by atoms with E-state index in [9.17, 15) is 9.90 Å². The highest BCUT2D eigenvalue weighted by atomic mass is 32.2. The van der Waals surface area contributed by atoms with Crippen LogP contribution in [0.4, 0.5) is 0 Å². The van der Waals surface area contributed by atoms with Crippen molar-refractivity contribution in [2.75, 3.05) is 5.75 Å². The summed E-state index contributed by atoms with van der Waals surface area (Å²) in [6, 6.07) is 0. The zero-order valence-electron chi connectivity index (χ0n) is 13.8. The second kappa shape index (κ2) is 5.01. The van der Waals surface area contributed by atoms with Crippen LogP contribution in [0.3, 0.4) is 0 Å². The van der Waals surface area contributed by atoms with Crippen molar-refractivity contribution >= 4 is 17.5 Å². The first-order chi connectivity index (χ1) is 9.01. The molecule has 2 aliphatic carbocycles. The van der Waals surface area contributed by atoms with Gasteiger partial charge in [0.2, 0.25) is 0 Å². The van der Waals surface area contributed by atoms with Gasteiger partial charge < -0.3 is 5.11 Å². The van der Waals surface area contributed by atoms with Crippen molar-refractivity contribution in [2.24, 2.45) is 22.7 Å².